The molecule has 14 nitrogen and oxygen atoms in total. The molecule has 0 amide bonds. The summed E-state index contributed by atoms with van der Waals surface area (Å²) in [6.45, 7) is 15.5. The molecular formula is C42H66O14. The zero-order valence-corrected chi connectivity index (χ0v) is 34.0. The number of esters is 1. The van der Waals surface area contributed by atoms with E-state index in [0.717, 1.165) is 44.9 Å². The van der Waals surface area contributed by atoms with Crippen molar-refractivity contribution in [3.8, 4) is 0 Å². The van der Waals surface area contributed by atoms with Crippen LogP contribution < -0.4 is 0 Å². The molecule has 0 aromatic heterocycles. The second-order valence-corrected chi connectivity index (χ2v) is 20.7. The number of ether oxygens (including phenoxy) is 4. The van der Waals surface area contributed by atoms with Crippen LogP contribution in [-0.2, 0) is 28.5 Å². The van der Waals surface area contributed by atoms with Crippen LogP contribution in [-0.4, -0.2) is 127 Å². The van der Waals surface area contributed by atoms with Crippen molar-refractivity contribution in [3.63, 3.8) is 0 Å². The minimum Gasteiger partial charge on any atom is -0.479 e. The van der Waals surface area contributed by atoms with E-state index < -0.39 is 96.9 Å². The van der Waals surface area contributed by atoms with E-state index in [2.05, 4.69) is 54.5 Å². The number of fused-ring (bicyclic) bond motifs is 7. The van der Waals surface area contributed by atoms with Gasteiger partial charge >= 0.3 is 11.9 Å². The van der Waals surface area contributed by atoms with Gasteiger partial charge in [0.2, 0.25) is 6.29 Å². The molecule has 4 saturated carbocycles. The number of rotatable bonds is 6. The predicted octanol–water partition coefficient (Wildman–Crippen LogP) is 2.41. The molecule has 0 unspecified atom stereocenters. The molecule has 8 N–H and O–H groups in total. The summed E-state index contributed by atoms with van der Waals surface area (Å²) in [7, 11) is 0. The number of hydrogen-bond acceptors (Lipinski definition) is 13. The van der Waals surface area contributed by atoms with Crippen molar-refractivity contribution in [3.05, 3.63) is 11.6 Å². The quantitative estimate of drug-likeness (QED) is 0.110. The van der Waals surface area contributed by atoms with Crippen molar-refractivity contribution >= 4 is 11.9 Å². The summed E-state index contributed by atoms with van der Waals surface area (Å²) in [6.07, 6.45) is -6.14. The van der Waals surface area contributed by atoms with Gasteiger partial charge in [-0.2, -0.15) is 0 Å². The summed E-state index contributed by atoms with van der Waals surface area (Å²) in [5.41, 5.74) is -0.448. The lowest BCUT2D eigenvalue weighted by molar-refractivity contribution is -0.324. The van der Waals surface area contributed by atoms with Gasteiger partial charge in [0.15, 0.2) is 12.4 Å². The second-order valence-electron chi connectivity index (χ2n) is 20.7. The fourth-order valence-electron chi connectivity index (χ4n) is 13.5. The third kappa shape index (κ3) is 6.17. The number of carboxylic acids is 1. The third-order valence-corrected chi connectivity index (χ3v) is 17.2. The van der Waals surface area contributed by atoms with Gasteiger partial charge in [0.05, 0.1) is 18.1 Å². The minimum absolute atomic E-state index is 0.0330. The van der Waals surface area contributed by atoms with Gasteiger partial charge in [0, 0.05) is 0 Å². The predicted molar refractivity (Wildman–Crippen MR) is 198 cm³/mol. The maximum Gasteiger partial charge on any atom is 0.335 e. The van der Waals surface area contributed by atoms with Crippen molar-refractivity contribution in [1.82, 2.24) is 0 Å². The molecule has 2 saturated heterocycles. The van der Waals surface area contributed by atoms with E-state index in [4.69, 9.17) is 18.9 Å². The molecule has 18 atom stereocenters. The van der Waals surface area contributed by atoms with E-state index in [-0.39, 0.29) is 33.5 Å². The Kier molecular flexibility index (Phi) is 10.8. The van der Waals surface area contributed by atoms with Gasteiger partial charge in [-0.25, -0.2) is 4.79 Å². The Balaban J connectivity index is 1.16. The molecule has 0 aromatic carbocycles. The molecule has 7 rings (SSSR count). The van der Waals surface area contributed by atoms with E-state index in [9.17, 15) is 50.4 Å². The van der Waals surface area contributed by atoms with Crippen LogP contribution in [0.25, 0.3) is 0 Å². The summed E-state index contributed by atoms with van der Waals surface area (Å²) in [4.78, 5) is 26.4. The smallest absolute Gasteiger partial charge is 0.335 e. The second kappa shape index (κ2) is 14.2. The molecule has 0 radical (unpaired) electrons. The molecule has 2 aliphatic heterocycles. The van der Waals surface area contributed by atoms with Crippen LogP contribution in [0, 0.1) is 50.2 Å². The average Bonchev–Trinajstić information content (AvgIpc) is 3.12. The summed E-state index contributed by atoms with van der Waals surface area (Å²) in [6, 6.07) is 0. The number of hydrogen-bond donors (Lipinski definition) is 8. The molecule has 7 aliphatic rings. The fraction of sp³-hybridized carbons (Fsp3) is 0.905. The molecule has 318 valence electrons. The van der Waals surface area contributed by atoms with E-state index in [1.54, 1.807) is 0 Å². The van der Waals surface area contributed by atoms with Gasteiger partial charge in [-0.3, -0.25) is 4.79 Å². The van der Waals surface area contributed by atoms with Crippen LogP contribution >= 0.6 is 0 Å². The third-order valence-electron chi connectivity index (χ3n) is 17.2. The first-order chi connectivity index (χ1) is 26.0. The summed E-state index contributed by atoms with van der Waals surface area (Å²) in [5, 5.41) is 82.4. The Labute approximate surface area is 329 Å². The highest BCUT2D eigenvalue weighted by molar-refractivity contribution is 5.79. The summed E-state index contributed by atoms with van der Waals surface area (Å²) >= 11 is 0. The highest BCUT2D eigenvalue weighted by atomic mass is 16.7. The number of carbonyl (C=O) groups excluding carboxylic acids is 1. The van der Waals surface area contributed by atoms with Gasteiger partial charge in [-0.1, -0.05) is 60.1 Å². The van der Waals surface area contributed by atoms with Crippen molar-refractivity contribution in [1.29, 1.82) is 0 Å². The Morgan fingerprint density at radius 3 is 2.05 bits per heavy atom. The zero-order chi connectivity index (χ0) is 41.1. The lowest BCUT2D eigenvalue weighted by Crippen LogP contribution is -2.66. The number of allylic oxidation sites excluding steroid dienone is 2. The van der Waals surface area contributed by atoms with E-state index in [0.29, 0.717) is 25.2 Å². The molecule has 5 aliphatic carbocycles. The minimum atomic E-state index is -1.79. The van der Waals surface area contributed by atoms with Gasteiger partial charge in [-0.15, -0.1) is 0 Å². The van der Waals surface area contributed by atoms with Crippen molar-refractivity contribution in [2.24, 2.45) is 50.2 Å². The van der Waals surface area contributed by atoms with E-state index in [1.807, 2.05) is 0 Å². The Bertz CT molecular complexity index is 1560. The van der Waals surface area contributed by atoms with Gasteiger partial charge in [0.1, 0.15) is 42.7 Å². The van der Waals surface area contributed by atoms with Crippen molar-refractivity contribution < 1.29 is 69.4 Å². The Morgan fingerprint density at radius 1 is 0.750 bits per heavy atom. The number of aliphatic hydroxyl groups excluding tert-OH is 7. The normalized spacial score (nSPS) is 52.3. The lowest BCUT2D eigenvalue weighted by atomic mass is 9.33. The molecule has 0 bridgehead atoms. The van der Waals surface area contributed by atoms with Crippen LogP contribution in [0.4, 0.5) is 0 Å². The lowest BCUT2D eigenvalue weighted by Gasteiger charge is -2.71. The van der Waals surface area contributed by atoms with E-state index in [1.165, 1.54) is 5.57 Å². The van der Waals surface area contributed by atoms with Crippen LogP contribution in [0.5, 0.6) is 0 Å². The van der Waals surface area contributed by atoms with Crippen LogP contribution in [0.2, 0.25) is 0 Å². The highest BCUT2D eigenvalue weighted by Gasteiger charge is 2.70. The van der Waals surface area contributed by atoms with Gasteiger partial charge in [-0.05, 0) is 109 Å². The largest absolute Gasteiger partial charge is 0.479 e. The Hall–Kier alpha value is -1.72. The van der Waals surface area contributed by atoms with Gasteiger partial charge in [0.25, 0.3) is 0 Å². The highest BCUT2D eigenvalue weighted by Crippen LogP contribution is 2.76. The average molecular weight is 795 g/mol. The van der Waals surface area contributed by atoms with Crippen molar-refractivity contribution in [2.45, 2.75) is 180 Å². The molecule has 0 spiro atoms. The van der Waals surface area contributed by atoms with Crippen molar-refractivity contribution in [2.75, 3.05) is 6.61 Å². The molecule has 0 aromatic rings. The van der Waals surface area contributed by atoms with Crippen LogP contribution in [0.1, 0.15) is 113 Å². The number of aliphatic hydroxyl groups is 7. The number of carbonyl (C=O) groups is 2. The molecule has 56 heavy (non-hydrogen) atoms. The first-order valence-corrected chi connectivity index (χ1v) is 20.8. The number of carboxylic acid groups (broad SMARTS) is 1. The maximum absolute atomic E-state index is 14.6. The maximum atomic E-state index is 14.6. The molecule has 6 fully saturated rings. The monoisotopic (exact) mass is 794 g/mol. The van der Waals surface area contributed by atoms with E-state index >= 15 is 0 Å². The summed E-state index contributed by atoms with van der Waals surface area (Å²) < 4.78 is 23.5. The first kappa shape index (κ1) is 42.4. The fourth-order valence-corrected chi connectivity index (χ4v) is 13.5. The SMILES string of the molecule is CC1(C)CC[C@]2(C(=O)O[C@@H]3O[C@H](CO)[C@@H](O)[C@H](O)[C@H]3O)CC[C@]3(C)C(=CC[C@H]4[C@@]5(C)CC[C@H](O[C@@H]6O[C@H](C(=O)O)[C@H](O)[C@H](O)[C@H]6O)C(C)(C)[C@H]5CC[C@]43C)[C@@H]2C1. The standard InChI is InChI=1S/C42H66O14/c1-37(2)14-16-42(36(52)56-34-30(48)27(45)26(44)22(19-43)53-34)17-15-40(6)20(21(42)18-37)8-9-24-39(5)12-11-25(38(3,4)23(39)10-13-41(24,40)7)54-35-31(49)28(46)29(47)32(55-35)33(50)51/h8,21-32,34-35,43-49H,9-19H2,1-7H3,(H,50,51)/t21-,22+,23+,24-,25-,26+,27-,28-,29+,30+,31+,32-,34-,35+,39-,40+,41+,42-/m0/s1. The Morgan fingerprint density at radius 2 is 1.39 bits per heavy atom. The summed E-state index contributed by atoms with van der Waals surface area (Å²) in [5.74, 6) is -1.52. The van der Waals surface area contributed by atoms with Gasteiger partial charge < -0.3 is 59.8 Å². The number of aliphatic carboxylic acids is 1. The molecular weight excluding hydrogens is 728 g/mol. The molecule has 2 heterocycles. The van der Waals surface area contributed by atoms with Crippen LogP contribution in [0.3, 0.4) is 0 Å². The zero-order valence-electron chi connectivity index (χ0n) is 34.0. The molecule has 14 heteroatoms. The topological polar surface area (TPSA) is 233 Å². The first-order valence-electron chi connectivity index (χ1n) is 20.8. The van der Waals surface area contributed by atoms with Crippen LogP contribution in [0.15, 0.2) is 11.6 Å².